The predicted octanol–water partition coefficient (Wildman–Crippen LogP) is 1.69. The topological polar surface area (TPSA) is 37.3 Å². The lowest BCUT2D eigenvalue weighted by atomic mass is 9.99. The van der Waals surface area contributed by atoms with Gasteiger partial charge in [0.1, 0.15) is 0 Å². The van der Waals surface area contributed by atoms with Gasteiger partial charge in [-0.2, -0.15) is 0 Å². The Balaban J connectivity index is 1.84. The van der Waals surface area contributed by atoms with Crippen molar-refractivity contribution in [3.05, 3.63) is 24.0 Å². The van der Waals surface area contributed by atoms with Crippen molar-refractivity contribution < 1.29 is 4.79 Å². The maximum atomic E-state index is 12.6. The Hall–Kier alpha value is -1.29. The second-order valence-electron chi connectivity index (χ2n) is 5.80. The molecule has 4 heteroatoms. The first-order chi connectivity index (χ1) is 9.27. The lowest BCUT2D eigenvalue weighted by Gasteiger charge is -2.36. The van der Waals surface area contributed by atoms with Gasteiger partial charge in [-0.05, 0) is 25.0 Å². The van der Waals surface area contributed by atoms with Crippen molar-refractivity contribution in [1.82, 2.24) is 14.8 Å². The summed E-state index contributed by atoms with van der Waals surface area (Å²) < 4.78 is 2.16. The Morgan fingerprint density at radius 1 is 1.32 bits per heavy atom. The molecule has 1 unspecified atom stereocenters. The molecule has 0 saturated carbocycles. The molecule has 0 aliphatic carbocycles. The molecule has 3 rings (SSSR count). The summed E-state index contributed by atoms with van der Waals surface area (Å²) in [5.74, 6) is 0.563. The van der Waals surface area contributed by atoms with Gasteiger partial charge in [-0.3, -0.25) is 4.79 Å². The van der Waals surface area contributed by atoms with Gasteiger partial charge in [-0.1, -0.05) is 12.8 Å². The molecule has 1 amide bonds. The molecule has 0 radical (unpaired) electrons. The SMILES string of the molecule is Cn1cccc1C1CCCCCN1C(=O)C1CNC1. The Bertz CT molecular complexity index is 450. The maximum absolute atomic E-state index is 12.6. The molecule has 19 heavy (non-hydrogen) atoms. The molecule has 3 heterocycles. The van der Waals surface area contributed by atoms with Crippen LogP contribution in [0.1, 0.15) is 37.4 Å². The van der Waals surface area contributed by atoms with Crippen LogP contribution in [-0.4, -0.2) is 35.0 Å². The highest BCUT2D eigenvalue weighted by molar-refractivity contribution is 5.80. The zero-order valence-corrected chi connectivity index (χ0v) is 11.6. The molecule has 4 nitrogen and oxygen atoms in total. The van der Waals surface area contributed by atoms with Crippen LogP contribution in [-0.2, 0) is 11.8 Å². The number of nitrogens with zero attached hydrogens (tertiary/aromatic N) is 2. The molecule has 0 bridgehead atoms. The number of amides is 1. The number of hydrogen-bond acceptors (Lipinski definition) is 2. The summed E-state index contributed by atoms with van der Waals surface area (Å²) in [6.45, 7) is 2.63. The van der Waals surface area contributed by atoms with Crippen LogP contribution in [0.5, 0.6) is 0 Å². The highest BCUT2D eigenvalue weighted by Crippen LogP contribution is 2.31. The first kappa shape index (κ1) is 12.7. The third kappa shape index (κ3) is 2.41. The van der Waals surface area contributed by atoms with Crippen LogP contribution in [0.25, 0.3) is 0 Å². The van der Waals surface area contributed by atoms with E-state index < -0.39 is 0 Å². The molecule has 0 aromatic carbocycles. The molecule has 1 N–H and O–H groups in total. The number of carbonyl (C=O) groups is 1. The van der Waals surface area contributed by atoms with Crippen LogP contribution in [0, 0.1) is 5.92 Å². The van der Waals surface area contributed by atoms with Crippen molar-refractivity contribution in [1.29, 1.82) is 0 Å². The minimum absolute atomic E-state index is 0.209. The van der Waals surface area contributed by atoms with E-state index in [1.165, 1.54) is 18.5 Å². The van der Waals surface area contributed by atoms with Gasteiger partial charge < -0.3 is 14.8 Å². The number of aromatic nitrogens is 1. The fourth-order valence-electron chi connectivity index (χ4n) is 3.20. The molecule has 2 saturated heterocycles. The van der Waals surface area contributed by atoms with Gasteiger partial charge in [0.2, 0.25) is 5.91 Å². The zero-order valence-electron chi connectivity index (χ0n) is 11.6. The van der Waals surface area contributed by atoms with E-state index in [4.69, 9.17) is 0 Å². The van der Waals surface area contributed by atoms with Gasteiger partial charge in [0, 0.05) is 38.6 Å². The normalized spacial score (nSPS) is 24.9. The number of hydrogen-bond donors (Lipinski definition) is 1. The van der Waals surface area contributed by atoms with Gasteiger partial charge >= 0.3 is 0 Å². The fourth-order valence-corrected chi connectivity index (χ4v) is 3.20. The summed E-state index contributed by atoms with van der Waals surface area (Å²) in [5, 5.41) is 3.21. The van der Waals surface area contributed by atoms with Gasteiger partial charge in [0.15, 0.2) is 0 Å². The van der Waals surface area contributed by atoms with E-state index in [1.54, 1.807) is 0 Å². The largest absolute Gasteiger partial charge is 0.353 e. The highest BCUT2D eigenvalue weighted by atomic mass is 16.2. The minimum atomic E-state index is 0.209. The van der Waals surface area contributed by atoms with E-state index in [9.17, 15) is 4.79 Å². The summed E-state index contributed by atoms with van der Waals surface area (Å²) >= 11 is 0. The lowest BCUT2D eigenvalue weighted by Crippen LogP contribution is -2.52. The van der Waals surface area contributed by atoms with E-state index in [2.05, 4.69) is 40.2 Å². The van der Waals surface area contributed by atoms with Crippen LogP contribution in [0.15, 0.2) is 18.3 Å². The molecular formula is C15H23N3O. The minimum Gasteiger partial charge on any atom is -0.353 e. The molecule has 1 atom stereocenters. The molecule has 104 valence electrons. The smallest absolute Gasteiger partial charge is 0.228 e. The average molecular weight is 261 g/mol. The summed E-state index contributed by atoms with van der Waals surface area (Å²) in [6.07, 6.45) is 6.79. The van der Waals surface area contributed by atoms with Crippen molar-refractivity contribution >= 4 is 5.91 Å². The Kier molecular flexibility index (Phi) is 3.60. The quantitative estimate of drug-likeness (QED) is 0.879. The summed E-state index contributed by atoms with van der Waals surface area (Å²) in [7, 11) is 2.08. The van der Waals surface area contributed by atoms with E-state index in [0.29, 0.717) is 5.91 Å². The Morgan fingerprint density at radius 2 is 2.16 bits per heavy atom. The van der Waals surface area contributed by atoms with Crippen molar-refractivity contribution in [2.24, 2.45) is 13.0 Å². The van der Waals surface area contributed by atoms with E-state index in [1.807, 2.05) is 0 Å². The number of carbonyl (C=O) groups excluding carboxylic acids is 1. The first-order valence-corrected chi connectivity index (χ1v) is 7.40. The van der Waals surface area contributed by atoms with Gasteiger partial charge in [-0.25, -0.2) is 0 Å². The zero-order chi connectivity index (χ0) is 13.2. The third-order valence-corrected chi connectivity index (χ3v) is 4.49. The highest BCUT2D eigenvalue weighted by Gasteiger charge is 2.34. The van der Waals surface area contributed by atoms with Gasteiger partial charge in [-0.15, -0.1) is 0 Å². The second-order valence-corrected chi connectivity index (χ2v) is 5.80. The number of aryl methyl sites for hydroxylation is 1. The molecular weight excluding hydrogens is 238 g/mol. The molecule has 2 aliphatic heterocycles. The molecule has 1 aromatic rings. The molecule has 2 fully saturated rings. The van der Waals surface area contributed by atoms with Crippen LogP contribution < -0.4 is 5.32 Å². The first-order valence-electron chi connectivity index (χ1n) is 7.40. The maximum Gasteiger partial charge on any atom is 0.228 e. The molecule has 1 aromatic heterocycles. The third-order valence-electron chi connectivity index (χ3n) is 4.49. The number of likely N-dealkylation sites (tertiary alicyclic amines) is 1. The van der Waals surface area contributed by atoms with Crippen LogP contribution in [0.2, 0.25) is 0 Å². The summed E-state index contributed by atoms with van der Waals surface area (Å²) in [6, 6.07) is 4.51. The summed E-state index contributed by atoms with van der Waals surface area (Å²) in [5.41, 5.74) is 1.28. The fraction of sp³-hybridized carbons (Fsp3) is 0.667. The monoisotopic (exact) mass is 261 g/mol. The van der Waals surface area contributed by atoms with Gasteiger partial charge in [0.05, 0.1) is 12.0 Å². The summed E-state index contributed by atoms with van der Waals surface area (Å²) in [4.78, 5) is 14.8. The predicted molar refractivity (Wildman–Crippen MR) is 74.7 cm³/mol. The van der Waals surface area contributed by atoms with Crippen LogP contribution in [0.3, 0.4) is 0 Å². The van der Waals surface area contributed by atoms with Gasteiger partial charge in [0.25, 0.3) is 0 Å². The average Bonchev–Trinajstić information content (AvgIpc) is 2.62. The molecule has 2 aliphatic rings. The Morgan fingerprint density at radius 3 is 2.79 bits per heavy atom. The number of rotatable bonds is 2. The van der Waals surface area contributed by atoms with Crippen molar-refractivity contribution in [2.45, 2.75) is 31.7 Å². The molecule has 0 spiro atoms. The van der Waals surface area contributed by atoms with E-state index in [-0.39, 0.29) is 12.0 Å². The van der Waals surface area contributed by atoms with E-state index >= 15 is 0 Å². The van der Waals surface area contributed by atoms with Crippen LogP contribution >= 0.6 is 0 Å². The standard InChI is InChI=1S/C15H23N3O/c1-17-8-5-7-13(17)14-6-3-2-4-9-18(14)15(19)12-10-16-11-12/h5,7-8,12,14,16H,2-4,6,9-11H2,1H3. The van der Waals surface area contributed by atoms with Crippen molar-refractivity contribution in [2.75, 3.05) is 19.6 Å². The Labute approximate surface area is 114 Å². The number of nitrogens with one attached hydrogen (secondary N) is 1. The van der Waals surface area contributed by atoms with Crippen molar-refractivity contribution in [3.63, 3.8) is 0 Å². The van der Waals surface area contributed by atoms with Crippen molar-refractivity contribution in [3.8, 4) is 0 Å². The lowest BCUT2D eigenvalue weighted by molar-refractivity contribution is -0.139. The second kappa shape index (κ2) is 5.37. The van der Waals surface area contributed by atoms with Crippen LogP contribution in [0.4, 0.5) is 0 Å². The van der Waals surface area contributed by atoms with E-state index in [0.717, 1.165) is 32.5 Å².